The number of rotatable bonds is 3. The second kappa shape index (κ2) is 4.52. The summed E-state index contributed by atoms with van der Waals surface area (Å²) in [5.74, 6) is 1.43. The van der Waals surface area contributed by atoms with Crippen molar-refractivity contribution in [2.75, 3.05) is 5.88 Å². The second-order valence-corrected chi connectivity index (χ2v) is 3.71. The summed E-state index contributed by atoms with van der Waals surface area (Å²) < 4.78 is 5.59. The van der Waals surface area contributed by atoms with Gasteiger partial charge in [-0.2, -0.15) is 0 Å². The molecule has 2 heteroatoms. The van der Waals surface area contributed by atoms with Gasteiger partial charge in [-0.25, -0.2) is 0 Å². The first kappa shape index (κ1) is 10.4. The molecule has 0 aromatic heterocycles. The fourth-order valence-electron chi connectivity index (χ4n) is 1.26. The number of hydrogen-bond donors (Lipinski definition) is 0. The predicted octanol–water partition coefficient (Wildman–Crippen LogP) is 3.31. The third-order valence-electron chi connectivity index (χ3n) is 1.75. The van der Waals surface area contributed by atoms with Crippen LogP contribution in [-0.2, 0) is 0 Å². The van der Waals surface area contributed by atoms with E-state index in [1.807, 2.05) is 19.1 Å². The molecule has 0 radical (unpaired) electrons. The van der Waals surface area contributed by atoms with Crippen molar-refractivity contribution in [3.05, 3.63) is 29.3 Å². The van der Waals surface area contributed by atoms with E-state index in [4.69, 9.17) is 16.3 Å². The minimum Gasteiger partial charge on any atom is -0.489 e. The van der Waals surface area contributed by atoms with Crippen molar-refractivity contribution in [1.82, 2.24) is 0 Å². The van der Waals surface area contributed by atoms with Crippen LogP contribution in [-0.4, -0.2) is 12.0 Å². The van der Waals surface area contributed by atoms with Crippen molar-refractivity contribution in [3.8, 4) is 5.75 Å². The molecular formula is C11H15ClO. The molecule has 1 rings (SSSR count). The SMILES string of the molecule is Cc1cc(C)cc(OC(C)CCl)c1. The number of alkyl halides is 1. The number of halogens is 1. The standard InChI is InChI=1S/C11H15ClO/c1-8-4-9(2)6-11(5-8)13-10(3)7-12/h4-6,10H,7H2,1-3H3. The van der Waals surface area contributed by atoms with E-state index in [-0.39, 0.29) is 6.10 Å². The Morgan fingerprint density at radius 1 is 1.23 bits per heavy atom. The Hall–Kier alpha value is -0.690. The van der Waals surface area contributed by atoms with E-state index in [1.54, 1.807) is 0 Å². The van der Waals surface area contributed by atoms with Crippen LogP contribution in [0.25, 0.3) is 0 Å². The van der Waals surface area contributed by atoms with E-state index in [0.29, 0.717) is 5.88 Å². The van der Waals surface area contributed by atoms with Crippen molar-refractivity contribution >= 4 is 11.6 Å². The second-order valence-electron chi connectivity index (χ2n) is 3.41. The normalized spacial score (nSPS) is 12.6. The molecule has 0 bridgehead atoms. The minimum absolute atomic E-state index is 0.0721. The molecule has 0 aliphatic heterocycles. The van der Waals surface area contributed by atoms with Crippen molar-refractivity contribution in [2.24, 2.45) is 0 Å². The first-order chi connectivity index (χ1) is 6.11. The molecule has 1 atom stereocenters. The van der Waals surface area contributed by atoms with Crippen molar-refractivity contribution < 1.29 is 4.74 Å². The van der Waals surface area contributed by atoms with Crippen LogP contribution < -0.4 is 4.74 Å². The third kappa shape index (κ3) is 3.27. The fraction of sp³-hybridized carbons (Fsp3) is 0.455. The maximum absolute atomic E-state index is 5.66. The summed E-state index contributed by atoms with van der Waals surface area (Å²) in [6.07, 6.45) is 0.0721. The maximum atomic E-state index is 5.66. The van der Waals surface area contributed by atoms with E-state index in [1.165, 1.54) is 11.1 Å². The van der Waals surface area contributed by atoms with Gasteiger partial charge < -0.3 is 4.74 Å². The van der Waals surface area contributed by atoms with Crippen molar-refractivity contribution in [2.45, 2.75) is 26.9 Å². The van der Waals surface area contributed by atoms with Gasteiger partial charge in [-0.15, -0.1) is 11.6 Å². The van der Waals surface area contributed by atoms with Crippen LogP contribution in [0.2, 0.25) is 0 Å². The quantitative estimate of drug-likeness (QED) is 0.678. The average molecular weight is 199 g/mol. The van der Waals surface area contributed by atoms with Crippen molar-refractivity contribution in [1.29, 1.82) is 0 Å². The highest BCUT2D eigenvalue weighted by Crippen LogP contribution is 2.17. The van der Waals surface area contributed by atoms with Crippen LogP contribution >= 0.6 is 11.6 Å². The summed E-state index contributed by atoms with van der Waals surface area (Å²) in [7, 11) is 0. The summed E-state index contributed by atoms with van der Waals surface area (Å²) in [6, 6.07) is 6.17. The molecule has 1 nitrogen and oxygen atoms in total. The van der Waals surface area contributed by atoms with E-state index in [2.05, 4.69) is 19.9 Å². The lowest BCUT2D eigenvalue weighted by atomic mass is 10.1. The molecule has 13 heavy (non-hydrogen) atoms. The van der Waals surface area contributed by atoms with Crippen LogP contribution in [0.4, 0.5) is 0 Å². The Morgan fingerprint density at radius 3 is 2.23 bits per heavy atom. The topological polar surface area (TPSA) is 9.23 Å². The molecule has 0 amide bonds. The Labute approximate surface area is 84.7 Å². The summed E-state index contributed by atoms with van der Waals surface area (Å²) in [6.45, 7) is 6.08. The lowest BCUT2D eigenvalue weighted by molar-refractivity contribution is 0.245. The molecule has 0 saturated heterocycles. The third-order valence-corrected chi connectivity index (χ3v) is 2.18. The highest BCUT2D eigenvalue weighted by atomic mass is 35.5. The van der Waals surface area contributed by atoms with Gasteiger partial charge >= 0.3 is 0 Å². The molecule has 0 heterocycles. The van der Waals surface area contributed by atoms with Gasteiger partial charge in [-0.3, -0.25) is 0 Å². The summed E-state index contributed by atoms with van der Waals surface area (Å²) in [4.78, 5) is 0. The molecular weight excluding hydrogens is 184 g/mol. The van der Waals surface area contributed by atoms with Gasteiger partial charge in [0.2, 0.25) is 0 Å². The largest absolute Gasteiger partial charge is 0.489 e. The van der Waals surface area contributed by atoms with Gasteiger partial charge in [0.25, 0.3) is 0 Å². The molecule has 0 fully saturated rings. The molecule has 0 aliphatic carbocycles. The highest BCUT2D eigenvalue weighted by molar-refractivity contribution is 6.18. The molecule has 0 spiro atoms. The van der Waals surface area contributed by atoms with E-state index >= 15 is 0 Å². The fourth-order valence-corrected chi connectivity index (χ4v) is 1.33. The Morgan fingerprint density at radius 2 is 1.77 bits per heavy atom. The zero-order valence-electron chi connectivity index (χ0n) is 8.30. The first-order valence-electron chi connectivity index (χ1n) is 4.42. The molecule has 1 unspecified atom stereocenters. The van der Waals surface area contributed by atoms with Crippen LogP contribution in [0, 0.1) is 13.8 Å². The van der Waals surface area contributed by atoms with E-state index in [0.717, 1.165) is 5.75 Å². The number of aryl methyl sites for hydroxylation is 2. The van der Waals surface area contributed by atoms with Crippen LogP contribution in [0.5, 0.6) is 5.75 Å². The molecule has 0 saturated carbocycles. The van der Waals surface area contributed by atoms with Crippen LogP contribution in [0.3, 0.4) is 0 Å². The smallest absolute Gasteiger partial charge is 0.120 e. The highest BCUT2D eigenvalue weighted by Gasteiger charge is 2.02. The molecule has 72 valence electrons. The monoisotopic (exact) mass is 198 g/mol. The summed E-state index contributed by atoms with van der Waals surface area (Å²) in [5, 5.41) is 0. The number of benzene rings is 1. The zero-order chi connectivity index (χ0) is 9.84. The zero-order valence-corrected chi connectivity index (χ0v) is 9.06. The summed E-state index contributed by atoms with van der Waals surface area (Å²) >= 11 is 5.66. The van der Waals surface area contributed by atoms with Gasteiger partial charge in [-0.05, 0) is 44.0 Å². The molecule has 1 aromatic rings. The molecule has 0 N–H and O–H groups in total. The van der Waals surface area contributed by atoms with Gasteiger partial charge in [0.15, 0.2) is 0 Å². The predicted molar refractivity (Wildman–Crippen MR) is 56.7 cm³/mol. The van der Waals surface area contributed by atoms with Gasteiger partial charge in [0, 0.05) is 0 Å². The summed E-state index contributed by atoms with van der Waals surface area (Å²) in [5.41, 5.74) is 2.44. The van der Waals surface area contributed by atoms with Gasteiger partial charge in [-0.1, -0.05) is 6.07 Å². The van der Waals surface area contributed by atoms with Crippen LogP contribution in [0.1, 0.15) is 18.1 Å². The average Bonchev–Trinajstić information content (AvgIpc) is 2.02. The molecule has 1 aromatic carbocycles. The van der Waals surface area contributed by atoms with E-state index < -0.39 is 0 Å². The Kier molecular flexibility index (Phi) is 3.61. The minimum atomic E-state index is 0.0721. The Balaban J connectivity index is 2.77. The maximum Gasteiger partial charge on any atom is 0.120 e. The molecule has 0 aliphatic rings. The Bertz CT molecular complexity index is 263. The van der Waals surface area contributed by atoms with Gasteiger partial charge in [0.1, 0.15) is 11.9 Å². The number of hydrogen-bond acceptors (Lipinski definition) is 1. The van der Waals surface area contributed by atoms with Crippen molar-refractivity contribution in [3.63, 3.8) is 0 Å². The van der Waals surface area contributed by atoms with E-state index in [9.17, 15) is 0 Å². The number of ether oxygens (including phenoxy) is 1. The lowest BCUT2D eigenvalue weighted by Crippen LogP contribution is -2.13. The van der Waals surface area contributed by atoms with Gasteiger partial charge in [0.05, 0.1) is 5.88 Å². The first-order valence-corrected chi connectivity index (χ1v) is 4.96. The lowest BCUT2D eigenvalue weighted by Gasteiger charge is -2.12. The van der Waals surface area contributed by atoms with Crippen LogP contribution in [0.15, 0.2) is 18.2 Å².